The molecule has 190 valence electrons. The maximum atomic E-state index is 13.2. The van der Waals surface area contributed by atoms with Gasteiger partial charge in [0.15, 0.2) is 0 Å². The van der Waals surface area contributed by atoms with Crippen LogP contribution in [0.1, 0.15) is 32.0 Å². The fourth-order valence-corrected chi connectivity index (χ4v) is 3.25. The van der Waals surface area contributed by atoms with Crippen LogP contribution in [0.4, 0.5) is 0 Å². The molecule has 4 unspecified atom stereocenters. The van der Waals surface area contributed by atoms with Gasteiger partial charge in [0.1, 0.15) is 23.9 Å². The van der Waals surface area contributed by atoms with Crippen molar-refractivity contribution in [1.29, 1.82) is 0 Å². The van der Waals surface area contributed by atoms with Crippen LogP contribution < -0.4 is 21.7 Å². The molecule has 3 amide bonds. The molecule has 1 heterocycles. The molecule has 12 heteroatoms. The number of imidazole rings is 1. The first-order valence-electron chi connectivity index (χ1n) is 11.1. The Labute approximate surface area is 202 Å². The predicted molar refractivity (Wildman–Crippen MR) is 126 cm³/mol. The van der Waals surface area contributed by atoms with Crippen LogP contribution in [0.2, 0.25) is 0 Å². The van der Waals surface area contributed by atoms with Crippen LogP contribution in [0.3, 0.4) is 0 Å². The lowest BCUT2D eigenvalue weighted by Crippen LogP contribution is -2.58. The molecule has 2 rings (SSSR count). The van der Waals surface area contributed by atoms with Crippen LogP contribution >= 0.6 is 0 Å². The fraction of sp³-hybridized carbons (Fsp3) is 0.435. The summed E-state index contributed by atoms with van der Waals surface area (Å²) in [5.74, 6) is -3.48. The molecule has 12 nitrogen and oxygen atoms in total. The number of nitrogens with one attached hydrogen (secondary N) is 4. The van der Waals surface area contributed by atoms with Gasteiger partial charge in [-0.05, 0) is 30.5 Å². The van der Waals surface area contributed by atoms with Crippen LogP contribution in [-0.4, -0.2) is 68.0 Å². The number of aromatic hydroxyl groups is 1. The lowest BCUT2D eigenvalue weighted by atomic mass is 10.0. The molecule has 0 bridgehead atoms. The van der Waals surface area contributed by atoms with Crippen molar-refractivity contribution in [1.82, 2.24) is 25.9 Å². The molecule has 0 saturated heterocycles. The van der Waals surface area contributed by atoms with Gasteiger partial charge in [-0.25, -0.2) is 9.78 Å². The third-order valence-corrected chi connectivity index (χ3v) is 5.27. The molecule has 0 aliphatic heterocycles. The number of nitrogens with zero attached hydrogens (tertiary/aromatic N) is 1. The van der Waals surface area contributed by atoms with E-state index in [9.17, 15) is 29.4 Å². The van der Waals surface area contributed by atoms with Crippen molar-refractivity contribution in [2.24, 2.45) is 11.7 Å². The summed E-state index contributed by atoms with van der Waals surface area (Å²) in [4.78, 5) is 56.8. The molecular formula is C23H32N6O6. The lowest BCUT2D eigenvalue weighted by Gasteiger charge is -2.25. The predicted octanol–water partition coefficient (Wildman–Crippen LogP) is -0.557. The van der Waals surface area contributed by atoms with E-state index in [1.807, 2.05) is 0 Å². The van der Waals surface area contributed by atoms with Crippen molar-refractivity contribution < 1.29 is 29.4 Å². The molecule has 8 N–H and O–H groups in total. The third-order valence-electron chi connectivity index (χ3n) is 5.27. The van der Waals surface area contributed by atoms with Crippen molar-refractivity contribution in [3.63, 3.8) is 0 Å². The monoisotopic (exact) mass is 488 g/mol. The number of carbonyl (C=O) groups is 4. The standard InChI is InChI=1S/C23H32N6O6/c1-12(2)19(23(34)35)29-22(33)18(9-15-10-25-11-26-15)28-21(32)17(27-20(31)13(3)24)8-14-4-6-16(30)7-5-14/h4-7,10-13,17-19,30H,8-9,24H2,1-3H3,(H,25,26)(H,27,31)(H,28,32)(H,29,33)(H,34,35). The van der Waals surface area contributed by atoms with Gasteiger partial charge < -0.3 is 36.9 Å². The van der Waals surface area contributed by atoms with E-state index in [1.54, 1.807) is 26.0 Å². The van der Waals surface area contributed by atoms with Crippen molar-refractivity contribution in [2.75, 3.05) is 0 Å². The number of H-pyrrole nitrogens is 1. The number of aliphatic carboxylic acids is 1. The third kappa shape index (κ3) is 8.41. The summed E-state index contributed by atoms with van der Waals surface area (Å²) in [7, 11) is 0. The van der Waals surface area contributed by atoms with E-state index in [0.717, 1.165) is 0 Å². The van der Waals surface area contributed by atoms with Crippen LogP contribution in [0.5, 0.6) is 5.75 Å². The average Bonchev–Trinajstić information content (AvgIpc) is 3.30. The number of carboxylic acids is 1. The minimum Gasteiger partial charge on any atom is -0.508 e. The Balaban J connectivity index is 2.26. The van der Waals surface area contributed by atoms with E-state index in [-0.39, 0.29) is 18.6 Å². The Kier molecular flexibility index (Phi) is 9.76. The molecule has 0 aliphatic carbocycles. The summed E-state index contributed by atoms with van der Waals surface area (Å²) in [5, 5.41) is 26.6. The highest BCUT2D eigenvalue weighted by molar-refractivity contribution is 5.94. The number of carbonyl (C=O) groups excluding carboxylic acids is 3. The van der Waals surface area contributed by atoms with Gasteiger partial charge in [-0.15, -0.1) is 0 Å². The van der Waals surface area contributed by atoms with Gasteiger partial charge in [0.05, 0.1) is 12.4 Å². The first-order chi connectivity index (χ1) is 16.5. The lowest BCUT2D eigenvalue weighted by molar-refractivity contribution is -0.143. The number of carboxylic acid groups (broad SMARTS) is 1. The second kappa shape index (κ2) is 12.5. The van der Waals surface area contributed by atoms with Crippen LogP contribution in [0.25, 0.3) is 0 Å². The van der Waals surface area contributed by atoms with Gasteiger partial charge in [-0.3, -0.25) is 14.4 Å². The minimum absolute atomic E-state index is 0.00910. The maximum absolute atomic E-state index is 13.2. The number of hydrogen-bond acceptors (Lipinski definition) is 7. The number of phenolic OH excluding ortho intramolecular Hbond substituents is 1. The Bertz CT molecular complexity index is 1010. The number of amides is 3. The normalized spacial score (nSPS) is 14.4. The quantitative estimate of drug-likeness (QED) is 0.206. The molecule has 2 aromatic rings. The van der Waals surface area contributed by atoms with Gasteiger partial charge >= 0.3 is 5.97 Å². The summed E-state index contributed by atoms with van der Waals surface area (Å²) in [5.41, 5.74) is 6.83. The second-order valence-corrected chi connectivity index (χ2v) is 8.63. The number of benzene rings is 1. The Hall–Kier alpha value is -3.93. The molecule has 0 aliphatic rings. The Morgan fingerprint density at radius 2 is 1.51 bits per heavy atom. The highest BCUT2D eigenvalue weighted by Crippen LogP contribution is 2.12. The molecule has 35 heavy (non-hydrogen) atoms. The van der Waals surface area contributed by atoms with Gasteiger partial charge in [0.2, 0.25) is 17.7 Å². The number of rotatable bonds is 12. The van der Waals surface area contributed by atoms with Gasteiger partial charge in [-0.1, -0.05) is 26.0 Å². The first kappa shape index (κ1) is 27.3. The number of aromatic nitrogens is 2. The van der Waals surface area contributed by atoms with Crippen LogP contribution in [-0.2, 0) is 32.0 Å². The van der Waals surface area contributed by atoms with Crippen LogP contribution in [0.15, 0.2) is 36.8 Å². The van der Waals surface area contributed by atoms with E-state index >= 15 is 0 Å². The highest BCUT2D eigenvalue weighted by Gasteiger charge is 2.31. The Morgan fingerprint density at radius 3 is 2.03 bits per heavy atom. The summed E-state index contributed by atoms with van der Waals surface area (Å²) in [6.45, 7) is 4.77. The summed E-state index contributed by atoms with van der Waals surface area (Å²) < 4.78 is 0. The van der Waals surface area contributed by atoms with Gasteiger partial charge in [-0.2, -0.15) is 0 Å². The summed E-state index contributed by atoms with van der Waals surface area (Å²) in [6, 6.07) is 1.82. The molecule has 1 aromatic carbocycles. The molecule has 0 spiro atoms. The fourth-order valence-electron chi connectivity index (χ4n) is 3.25. The molecule has 0 fully saturated rings. The van der Waals surface area contributed by atoms with Crippen molar-refractivity contribution >= 4 is 23.7 Å². The van der Waals surface area contributed by atoms with Crippen molar-refractivity contribution in [3.05, 3.63) is 48.0 Å². The van der Waals surface area contributed by atoms with Gasteiger partial charge in [0.25, 0.3) is 0 Å². The maximum Gasteiger partial charge on any atom is 0.326 e. The number of aromatic amines is 1. The van der Waals surface area contributed by atoms with E-state index < -0.39 is 53.8 Å². The highest BCUT2D eigenvalue weighted by atomic mass is 16.4. The minimum atomic E-state index is -1.20. The van der Waals surface area contributed by atoms with E-state index in [4.69, 9.17) is 5.73 Å². The Morgan fingerprint density at radius 1 is 0.943 bits per heavy atom. The largest absolute Gasteiger partial charge is 0.508 e. The molecule has 4 atom stereocenters. The van der Waals surface area contributed by atoms with E-state index in [1.165, 1.54) is 31.6 Å². The van der Waals surface area contributed by atoms with Crippen molar-refractivity contribution in [2.45, 2.75) is 57.8 Å². The zero-order valence-corrected chi connectivity index (χ0v) is 19.8. The molecular weight excluding hydrogens is 456 g/mol. The second-order valence-electron chi connectivity index (χ2n) is 8.63. The van der Waals surface area contributed by atoms with E-state index in [2.05, 4.69) is 25.9 Å². The van der Waals surface area contributed by atoms with Crippen molar-refractivity contribution in [3.8, 4) is 5.75 Å². The number of phenols is 1. The van der Waals surface area contributed by atoms with E-state index in [0.29, 0.717) is 11.3 Å². The average molecular weight is 489 g/mol. The first-order valence-corrected chi connectivity index (χ1v) is 11.1. The molecule has 1 aromatic heterocycles. The number of nitrogens with two attached hydrogens (primary N) is 1. The topological polar surface area (TPSA) is 200 Å². The van der Waals surface area contributed by atoms with Crippen LogP contribution in [0, 0.1) is 5.92 Å². The number of hydrogen-bond donors (Lipinski definition) is 7. The molecule has 0 saturated carbocycles. The van der Waals surface area contributed by atoms with Gasteiger partial charge in [0, 0.05) is 24.7 Å². The zero-order chi connectivity index (χ0) is 26.1. The zero-order valence-electron chi connectivity index (χ0n) is 19.8. The molecule has 0 radical (unpaired) electrons. The summed E-state index contributed by atoms with van der Waals surface area (Å²) in [6.07, 6.45) is 2.97. The summed E-state index contributed by atoms with van der Waals surface area (Å²) >= 11 is 0. The SMILES string of the molecule is CC(N)C(=O)NC(Cc1ccc(O)cc1)C(=O)NC(Cc1cnc[nH]1)C(=O)NC(C(=O)O)C(C)C. The smallest absolute Gasteiger partial charge is 0.326 e.